The summed E-state index contributed by atoms with van der Waals surface area (Å²) in [6.45, 7) is 8.59. The van der Waals surface area contributed by atoms with Gasteiger partial charge in [0.15, 0.2) is 0 Å². The smallest absolute Gasteiger partial charge is 0.321 e. The molecule has 0 aromatic carbocycles. The summed E-state index contributed by atoms with van der Waals surface area (Å²) >= 11 is 0. The third kappa shape index (κ3) is 2.63. The van der Waals surface area contributed by atoms with Gasteiger partial charge < -0.3 is 10.0 Å². The first kappa shape index (κ1) is 12.8. The summed E-state index contributed by atoms with van der Waals surface area (Å²) in [5.74, 6) is -0.329. The van der Waals surface area contributed by atoms with Crippen LogP contribution in [0.25, 0.3) is 0 Å². The van der Waals surface area contributed by atoms with E-state index in [4.69, 9.17) is 0 Å². The molecule has 2 rings (SSSR count). The van der Waals surface area contributed by atoms with E-state index in [1.54, 1.807) is 0 Å². The molecule has 0 spiro atoms. The molecule has 0 aromatic rings. The number of piperidine rings is 1. The largest absolute Gasteiger partial charge is 0.480 e. The van der Waals surface area contributed by atoms with Crippen molar-refractivity contribution in [3.63, 3.8) is 0 Å². The zero-order valence-electron chi connectivity index (χ0n) is 10.9. The van der Waals surface area contributed by atoms with Crippen LogP contribution in [-0.2, 0) is 4.79 Å². The van der Waals surface area contributed by atoms with Crippen LogP contribution in [0.4, 0.5) is 0 Å². The zero-order valence-corrected chi connectivity index (χ0v) is 10.9. The molecule has 2 atom stereocenters. The summed E-state index contributed by atoms with van der Waals surface area (Å²) in [7, 11) is 0. The number of likely N-dealkylation sites (tertiary alicyclic amines) is 2. The minimum atomic E-state index is -0.632. The molecule has 4 heteroatoms. The Morgan fingerprint density at radius 3 is 2.41 bits per heavy atom. The van der Waals surface area contributed by atoms with Gasteiger partial charge in [0.25, 0.3) is 0 Å². The van der Waals surface area contributed by atoms with E-state index in [9.17, 15) is 9.90 Å². The van der Waals surface area contributed by atoms with E-state index in [2.05, 4.69) is 23.6 Å². The number of rotatable bonds is 3. The Hall–Kier alpha value is -0.610. The van der Waals surface area contributed by atoms with Crippen LogP contribution in [0, 0.1) is 5.92 Å². The van der Waals surface area contributed by atoms with Gasteiger partial charge in [0, 0.05) is 6.04 Å². The molecule has 4 nitrogen and oxygen atoms in total. The van der Waals surface area contributed by atoms with Crippen molar-refractivity contribution in [2.24, 2.45) is 5.92 Å². The maximum atomic E-state index is 11.3. The Kier molecular flexibility index (Phi) is 4.05. The molecule has 17 heavy (non-hydrogen) atoms. The predicted molar refractivity (Wildman–Crippen MR) is 67.0 cm³/mol. The Morgan fingerprint density at radius 1 is 1.24 bits per heavy atom. The van der Waals surface area contributed by atoms with E-state index in [0.29, 0.717) is 12.0 Å². The highest BCUT2D eigenvalue weighted by Crippen LogP contribution is 2.29. The number of carboxylic acid groups (broad SMARTS) is 1. The fourth-order valence-corrected chi connectivity index (χ4v) is 3.34. The summed E-state index contributed by atoms with van der Waals surface area (Å²) in [6.07, 6.45) is 3.29. The molecule has 0 amide bonds. The number of nitrogens with zero attached hydrogens (tertiary/aromatic N) is 2. The summed E-state index contributed by atoms with van der Waals surface area (Å²) in [5.41, 5.74) is 0. The number of carboxylic acids is 1. The number of carbonyl (C=O) groups is 1. The van der Waals surface area contributed by atoms with Crippen LogP contribution in [0.1, 0.15) is 33.1 Å². The second-order valence-electron chi connectivity index (χ2n) is 5.45. The number of hydrogen-bond acceptors (Lipinski definition) is 3. The van der Waals surface area contributed by atoms with Gasteiger partial charge >= 0.3 is 5.97 Å². The average Bonchev–Trinajstić information content (AvgIpc) is 2.71. The Bertz CT molecular complexity index is 275. The summed E-state index contributed by atoms with van der Waals surface area (Å²) in [5, 5.41) is 9.33. The lowest BCUT2D eigenvalue weighted by atomic mass is 9.99. The molecule has 0 aromatic heterocycles. The fourth-order valence-electron chi connectivity index (χ4n) is 3.34. The second-order valence-corrected chi connectivity index (χ2v) is 5.45. The van der Waals surface area contributed by atoms with E-state index in [-0.39, 0.29) is 6.04 Å². The van der Waals surface area contributed by atoms with Crippen molar-refractivity contribution in [2.75, 3.05) is 26.2 Å². The molecular formula is C13H24N2O2. The maximum Gasteiger partial charge on any atom is 0.321 e. The molecule has 0 aliphatic carbocycles. The zero-order chi connectivity index (χ0) is 12.4. The molecule has 2 aliphatic rings. The molecule has 2 fully saturated rings. The SMILES string of the molecule is CCN1CCC(N2CCC(C)C2C(=O)O)CC1. The molecular weight excluding hydrogens is 216 g/mol. The minimum Gasteiger partial charge on any atom is -0.480 e. The van der Waals surface area contributed by atoms with Crippen LogP contribution < -0.4 is 0 Å². The van der Waals surface area contributed by atoms with E-state index < -0.39 is 5.97 Å². The van der Waals surface area contributed by atoms with Crippen molar-refractivity contribution in [1.29, 1.82) is 0 Å². The minimum absolute atomic E-state index is 0.242. The van der Waals surface area contributed by atoms with Crippen LogP contribution in [0.3, 0.4) is 0 Å². The molecule has 0 radical (unpaired) electrons. The van der Waals surface area contributed by atoms with Gasteiger partial charge in [0.1, 0.15) is 6.04 Å². The standard InChI is InChI=1S/C13H24N2O2/c1-3-14-7-5-11(6-8-14)15-9-4-10(2)12(15)13(16)17/h10-12H,3-9H2,1-2H3,(H,16,17). The van der Waals surface area contributed by atoms with Gasteiger partial charge in [-0.15, -0.1) is 0 Å². The molecule has 2 saturated heterocycles. The molecule has 0 saturated carbocycles. The highest BCUT2D eigenvalue weighted by molar-refractivity contribution is 5.74. The monoisotopic (exact) mass is 240 g/mol. The third-order valence-corrected chi connectivity index (χ3v) is 4.47. The second kappa shape index (κ2) is 5.36. The Labute approximate surface area is 104 Å². The molecule has 2 heterocycles. The average molecular weight is 240 g/mol. The van der Waals surface area contributed by atoms with E-state index in [1.807, 2.05) is 0 Å². The molecule has 2 aliphatic heterocycles. The first-order valence-corrected chi connectivity index (χ1v) is 6.84. The van der Waals surface area contributed by atoms with Crippen LogP contribution in [0.15, 0.2) is 0 Å². The first-order chi connectivity index (χ1) is 8.13. The molecule has 98 valence electrons. The predicted octanol–water partition coefficient (Wildman–Crippen LogP) is 1.27. The molecule has 1 N–H and O–H groups in total. The fraction of sp³-hybridized carbons (Fsp3) is 0.923. The van der Waals surface area contributed by atoms with E-state index in [0.717, 1.165) is 45.4 Å². The van der Waals surface area contributed by atoms with Gasteiger partial charge in [0.05, 0.1) is 0 Å². The summed E-state index contributed by atoms with van der Waals surface area (Å²) < 4.78 is 0. The van der Waals surface area contributed by atoms with Crippen molar-refractivity contribution in [3.8, 4) is 0 Å². The highest BCUT2D eigenvalue weighted by Gasteiger charge is 2.40. The van der Waals surface area contributed by atoms with Crippen LogP contribution in [0.2, 0.25) is 0 Å². The van der Waals surface area contributed by atoms with Gasteiger partial charge in [-0.05, 0) is 51.4 Å². The number of hydrogen-bond donors (Lipinski definition) is 1. The normalized spacial score (nSPS) is 33.1. The quantitative estimate of drug-likeness (QED) is 0.806. The molecule has 2 unspecified atom stereocenters. The summed E-state index contributed by atoms with van der Waals surface area (Å²) in [4.78, 5) is 16.0. The van der Waals surface area contributed by atoms with Crippen molar-refractivity contribution in [2.45, 2.75) is 45.2 Å². The van der Waals surface area contributed by atoms with Crippen molar-refractivity contribution >= 4 is 5.97 Å². The topological polar surface area (TPSA) is 43.8 Å². The van der Waals surface area contributed by atoms with Gasteiger partial charge in [0.2, 0.25) is 0 Å². The van der Waals surface area contributed by atoms with Crippen molar-refractivity contribution < 1.29 is 9.90 Å². The first-order valence-electron chi connectivity index (χ1n) is 6.84. The van der Waals surface area contributed by atoms with Crippen molar-refractivity contribution in [3.05, 3.63) is 0 Å². The van der Waals surface area contributed by atoms with E-state index >= 15 is 0 Å². The van der Waals surface area contributed by atoms with E-state index in [1.165, 1.54) is 0 Å². The van der Waals surface area contributed by atoms with Gasteiger partial charge in [-0.3, -0.25) is 9.69 Å². The molecule has 0 bridgehead atoms. The Balaban J connectivity index is 1.96. The lowest BCUT2D eigenvalue weighted by molar-refractivity contribution is -0.144. The lowest BCUT2D eigenvalue weighted by Gasteiger charge is -2.38. The summed E-state index contributed by atoms with van der Waals surface area (Å²) in [6, 6.07) is 0.247. The Morgan fingerprint density at radius 2 is 1.88 bits per heavy atom. The third-order valence-electron chi connectivity index (χ3n) is 4.47. The van der Waals surface area contributed by atoms with Gasteiger partial charge in [-0.1, -0.05) is 13.8 Å². The van der Waals surface area contributed by atoms with Gasteiger partial charge in [-0.25, -0.2) is 0 Å². The van der Waals surface area contributed by atoms with Crippen LogP contribution >= 0.6 is 0 Å². The van der Waals surface area contributed by atoms with Crippen LogP contribution in [-0.4, -0.2) is 59.1 Å². The van der Waals surface area contributed by atoms with Crippen LogP contribution in [0.5, 0.6) is 0 Å². The maximum absolute atomic E-state index is 11.3. The van der Waals surface area contributed by atoms with Gasteiger partial charge in [-0.2, -0.15) is 0 Å². The lowest BCUT2D eigenvalue weighted by Crippen LogP contribution is -2.49. The highest BCUT2D eigenvalue weighted by atomic mass is 16.4. The van der Waals surface area contributed by atoms with Crippen molar-refractivity contribution in [1.82, 2.24) is 9.80 Å². The number of aliphatic carboxylic acids is 1.